The maximum atomic E-state index is 12.2. The van der Waals surface area contributed by atoms with Crippen LogP contribution in [0.15, 0.2) is 0 Å². The number of hydrogen-bond donors (Lipinski definition) is 1. The molecule has 1 aliphatic rings. The van der Waals surface area contributed by atoms with Gasteiger partial charge in [0.15, 0.2) is 0 Å². The number of nitrogens with one attached hydrogen (secondary N) is 1. The molecule has 17 heavy (non-hydrogen) atoms. The summed E-state index contributed by atoms with van der Waals surface area (Å²) in [6.45, 7) is 5.40. The first-order chi connectivity index (χ1) is 7.70. The molecule has 1 aliphatic heterocycles. The molecule has 1 heterocycles. The van der Waals surface area contributed by atoms with Crippen LogP contribution in [0.4, 0.5) is 13.2 Å². The number of rotatable bonds is 4. The molecule has 1 saturated heterocycles. The number of nitrogens with zero attached hydrogens (tertiary/aromatic N) is 1. The van der Waals surface area contributed by atoms with E-state index in [2.05, 4.69) is 5.32 Å². The van der Waals surface area contributed by atoms with Crippen molar-refractivity contribution in [3.05, 3.63) is 0 Å². The minimum atomic E-state index is -4.21. The van der Waals surface area contributed by atoms with Crippen LogP contribution in [-0.4, -0.2) is 35.7 Å². The van der Waals surface area contributed by atoms with E-state index in [4.69, 9.17) is 0 Å². The molecule has 3 nitrogen and oxygen atoms in total. The predicted octanol–water partition coefficient (Wildman–Crippen LogP) is 2.13. The van der Waals surface area contributed by atoms with Gasteiger partial charge < -0.3 is 4.90 Å². The second kappa shape index (κ2) is 5.25. The van der Waals surface area contributed by atoms with Crippen molar-refractivity contribution in [1.29, 1.82) is 0 Å². The first-order valence-corrected chi connectivity index (χ1v) is 5.84. The number of carbonyl (C=O) groups excluding carboxylic acids is 1. The van der Waals surface area contributed by atoms with Crippen LogP contribution in [-0.2, 0) is 4.79 Å². The summed E-state index contributed by atoms with van der Waals surface area (Å²) >= 11 is 0. The standard InChI is InChI=1S/C11H19F3N2O/c1-7(2)6-9-15-8(3)10(17)16(9)5-4-11(12,13)14/h7-9,15H,4-6H2,1-3H3. The molecular weight excluding hydrogens is 233 g/mol. The largest absolute Gasteiger partial charge is 0.390 e. The van der Waals surface area contributed by atoms with E-state index in [0.717, 1.165) is 0 Å². The van der Waals surface area contributed by atoms with Crippen LogP contribution in [0, 0.1) is 5.92 Å². The average Bonchev–Trinajstić information content (AvgIpc) is 2.38. The van der Waals surface area contributed by atoms with Gasteiger partial charge in [-0.3, -0.25) is 10.1 Å². The zero-order valence-electron chi connectivity index (χ0n) is 10.3. The van der Waals surface area contributed by atoms with Crippen molar-refractivity contribution in [3.8, 4) is 0 Å². The zero-order chi connectivity index (χ0) is 13.2. The Bertz CT molecular complexity index is 278. The summed E-state index contributed by atoms with van der Waals surface area (Å²) in [5.41, 5.74) is 0. The lowest BCUT2D eigenvalue weighted by atomic mass is 10.1. The highest BCUT2D eigenvalue weighted by molar-refractivity contribution is 5.83. The number of hydrogen-bond acceptors (Lipinski definition) is 2. The summed E-state index contributed by atoms with van der Waals surface area (Å²) < 4.78 is 36.5. The average molecular weight is 252 g/mol. The van der Waals surface area contributed by atoms with Crippen molar-refractivity contribution in [3.63, 3.8) is 0 Å². The second-order valence-electron chi connectivity index (χ2n) is 4.93. The third-order valence-corrected chi connectivity index (χ3v) is 2.80. The summed E-state index contributed by atoms with van der Waals surface area (Å²) in [6.07, 6.45) is -4.75. The first-order valence-electron chi connectivity index (χ1n) is 5.84. The molecule has 0 saturated carbocycles. The minimum Gasteiger partial charge on any atom is -0.325 e. The van der Waals surface area contributed by atoms with Gasteiger partial charge in [-0.2, -0.15) is 13.2 Å². The molecule has 0 aromatic heterocycles. The van der Waals surface area contributed by atoms with Crippen molar-refractivity contribution in [2.45, 2.75) is 52.0 Å². The molecule has 1 N–H and O–H groups in total. The summed E-state index contributed by atoms with van der Waals surface area (Å²) in [5, 5.41) is 3.03. The number of halogens is 3. The second-order valence-corrected chi connectivity index (χ2v) is 4.93. The molecule has 1 amide bonds. The Morgan fingerprint density at radius 3 is 2.47 bits per heavy atom. The molecule has 0 aromatic rings. The van der Waals surface area contributed by atoms with Crippen molar-refractivity contribution < 1.29 is 18.0 Å². The minimum absolute atomic E-state index is 0.236. The van der Waals surface area contributed by atoms with E-state index in [1.807, 2.05) is 13.8 Å². The van der Waals surface area contributed by atoms with E-state index in [1.165, 1.54) is 4.90 Å². The number of amides is 1. The Hall–Kier alpha value is -0.780. The lowest BCUT2D eigenvalue weighted by molar-refractivity contribution is -0.145. The summed E-state index contributed by atoms with van der Waals surface area (Å²) in [5.74, 6) is 0.0962. The van der Waals surface area contributed by atoms with Crippen LogP contribution in [0.25, 0.3) is 0 Å². The third-order valence-electron chi connectivity index (χ3n) is 2.80. The Labute approximate surface area is 99.4 Å². The normalized spacial score (nSPS) is 26.1. The van der Waals surface area contributed by atoms with E-state index in [-0.39, 0.29) is 24.7 Å². The van der Waals surface area contributed by atoms with Gasteiger partial charge in [0.25, 0.3) is 0 Å². The SMILES string of the molecule is CC(C)CC1NC(C)C(=O)N1CCC(F)(F)F. The highest BCUT2D eigenvalue weighted by atomic mass is 19.4. The van der Waals surface area contributed by atoms with Gasteiger partial charge >= 0.3 is 6.18 Å². The molecule has 2 unspecified atom stereocenters. The van der Waals surface area contributed by atoms with Crippen LogP contribution in [0.1, 0.15) is 33.6 Å². The van der Waals surface area contributed by atoms with E-state index in [9.17, 15) is 18.0 Å². The van der Waals surface area contributed by atoms with E-state index < -0.39 is 12.6 Å². The molecular formula is C11H19F3N2O. The van der Waals surface area contributed by atoms with Crippen molar-refractivity contribution in [1.82, 2.24) is 10.2 Å². The lowest BCUT2D eigenvalue weighted by Gasteiger charge is -2.26. The molecule has 1 rings (SSSR count). The van der Waals surface area contributed by atoms with Gasteiger partial charge in [-0.1, -0.05) is 13.8 Å². The van der Waals surface area contributed by atoms with E-state index in [1.54, 1.807) is 6.92 Å². The fourth-order valence-corrected chi connectivity index (χ4v) is 2.01. The van der Waals surface area contributed by atoms with E-state index in [0.29, 0.717) is 12.3 Å². The Morgan fingerprint density at radius 1 is 1.41 bits per heavy atom. The van der Waals surface area contributed by atoms with E-state index >= 15 is 0 Å². The van der Waals surface area contributed by atoms with Crippen LogP contribution < -0.4 is 5.32 Å². The first kappa shape index (κ1) is 14.3. The Balaban J connectivity index is 2.61. The fourth-order valence-electron chi connectivity index (χ4n) is 2.01. The van der Waals surface area contributed by atoms with Gasteiger partial charge in [-0.05, 0) is 19.3 Å². The van der Waals surface area contributed by atoms with Crippen molar-refractivity contribution >= 4 is 5.91 Å². The zero-order valence-corrected chi connectivity index (χ0v) is 10.3. The predicted molar refractivity (Wildman–Crippen MR) is 58.2 cm³/mol. The maximum Gasteiger partial charge on any atom is 0.390 e. The smallest absolute Gasteiger partial charge is 0.325 e. The fraction of sp³-hybridized carbons (Fsp3) is 0.909. The molecule has 6 heteroatoms. The highest BCUT2D eigenvalue weighted by Gasteiger charge is 2.38. The van der Waals surface area contributed by atoms with Crippen LogP contribution in [0.2, 0.25) is 0 Å². The van der Waals surface area contributed by atoms with Gasteiger partial charge in [0, 0.05) is 6.54 Å². The van der Waals surface area contributed by atoms with Crippen LogP contribution in [0.3, 0.4) is 0 Å². The van der Waals surface area contributed by atoms with Gasteiger partial charge in [-0.25, -0.2) is 0 Å². The van der Waals surface area contributed by atoms with Gasteiger partial charge in [-0.15, -0.1) is 0 Å². The van der Waals surface area contributed by atoms with Crippen molar-refractivity contribution in [2.75, 3.05) is 6.54 Å². The molecule has 0 bridgehead atoms. The third kappa shape index (κ3) is 4.18. The molecule has 0 radical (unpaired) electrons. The lowest BCUT2D eigenvalue weighted by Crippen LogP contribution is -2.40. The summed E-state index contributed by atoms with van der Waals surface area (Å²) in [4.78, 5) is 13.0. The Morgan fingerprint density at radius 2 is 2.00 bits per heavy atom. The van der Waals surface area contributed by atoms with Gasteiger partial charge in [0.1, 0.15) is 0 Å². The van der Waals surface area contributed by atoms with Crippen molar-refractivity contribution in [2.24, 2.45) is 5.92 Å². The quantitative estimate of drug-likeness (QED) is 0.831. The summed E-state index contributed by atoms with van der Waals surface area (Å²) in [6, 6.07) is -0.382. The van der Waals surface area contributed by atoms with Crippen LogP contribution >= 0.6 is 0 Å². The Kier molecular flexibility index (Phi) is 4.41. The summed E-state index contributed by atoms with van der Waals surface area (Å²) in [7, 11) is 0. The molecule has 0 spiro atoms. The molecule has 1 fully saturated rings. The maximum absolute atomic E-state index is 12.2. The highest BCUT2D eigenvalue weighted by Crippen LogP contribution is 2.23. The molecule has 0 aromatic carbocycles. The topological polar surface area (TPSA) is 32.3 Å². The molecule has 2 atom stereocenters. The molecule has 100 valence electrons. The number of carbonyl (C=O) groups is 1. The monoisotopic (exact) mass is 252 g/mol. The van der Waals surface area contributed by atoms with Crippen LogP contribution in [0.5, 0.6) is 0 Å². The van der Waals surface area contributed by atoms with Gasteiger partial charge in [0.05, 0.1) is 18.6 Å². The van der Waals surface area contributed by atoms with Gasteiger partial charge in [0.2, 0.25) is 5.91 Å². The number of alkyl halides is 3. The molecule has 0 aliphatic carbocycles.